The first kappa shape index (κ1) is 128. The number of alkyl halides is 1. The van der Waals surface area contributed by atoms with Crippen molar-refractivity contribution in [3.05, 3.63) is 214 Å². The van der Waals surface area contributed by atoms with Gasteiger partial charge in [-0.2, -0.15) is 0 Å². The van der Waals surface area contributed by atoms with E-state index in [2.05, 4.69) is 189 Å². The average molecular weight is 2240 g/mol. The number of nitrogens with zero attached hydrogens (tertiary/aromatic N) is 15. The van der Waals surface area contributed by atoms with Gasteiger partial charge < -0.3 is 89.5 Å². The zero-order chi connectivity index (χ0) is 112. The number of ketones is 3. The number of carboxylic acids is 2. The quantitative estimate of drug-likeness (QED) is 0.00952. The van der Waals surface area contributed by atoms with Gasteiger partial charge >= 0.3 is 58.1 Å². The molecule has 4 atom stereocenters. The molecule has 4 aliphatic heterocycles. The molecule has 6 aliphatic rings. The van der Waals surface area contributed by atoms with Gasteiger partial charge in [-0.15, -0.1) is 0 Å². The van der Waals surface area contributed by atoms with Gasteiger partial charge in [-0.05, 0) is 249 Å². The normalized spacial score (nSPS) is 16.8. The molecule has 11 N–H and O–H groups in total. The largest absolute Gasteiger partial charge is 0.477 e. The molecule has 4 fully saturated rings. The Balaban J connectivity index is 0.000000433. The molecular weight excluding hydrogens is 2110 g/mol. The number of hydrogen-bond donors (Lipinski definition) is 10. The summed E-state index contributed by atoms with van der Waals surface area (Å²) in [6.07, 6.45) is 5.70. The number of nitrogens with one attached hydrogen (secondary N) is 7. The molecule has 4 saturated heterocycles. The van der Waals surface area contributed by atoms with E-state index in [4.69, 9.17) is 84.8 Å². The first-order valence-corrected chi connectivity index (χ1v) is 51.8. The summed E-state index contributed by atoms with van der Waals surface area (Å²) >= 11 is 43.1. The van der Waals surface area contributed by atoms with Crippen molar-refractivity contribution < 1.29 is 82.6 Å². The summed E-state index contributed by atoms with van der Waals surface area (Å²) < 4.78 is 44.1. The molecule has 13 rings (SSSR count). The van der Waals surface area contributed by atoms with E-state index in [0.717, 1.165) is 128 Å². The molecule has 7 aromatic heterocycles. The molecule has 2 aliphatic carbocycles. The molecule has 0 unspecified atom stereocenters. The fourth-order valence-electron chi connectivity index (χ4n) is 15.0. The van der Waals surface area contributed by atoms with Crippen molar-refractivity contribution in [1.29, 1.82) is 0 Å². The third-order valence-electron chi connectivity index (χ3n) is 21.8. The Bertz CT molecular complexity index is 6310. The van der Waals surface area contributed by atoms with Crippen LogP contribution in [0.1, 0.15) is 211 Å². The van der Waals surface area contributed by atoms with Crippen molar-refractivity contribution in [2.24, 2.45) is 5.73 Å². The van der Waals surface area contributed by atoms with Gasteiger partial charge in [0.05, 0.1) is 35.0 Å². The number of nitrogens with two attached hydrogens (primary N) is 1. The topological polar surface area (TPSA) is 609 Å². The smallest absolute Gasteiger partial charge is 0.357 e. The van der Waals surface area contributed by atoms with Gasteiger partial charge in [-0.1, -0.05) is 34.9 Å². The molecule has 7 aromatic rings. The standard InChI is InChI=1S/C22H29ClN4O2.C14H21ClN4O2.C12H17ClN4O2.C9H13NO.C8H8Cl2N2O2.C8H10N2O4.C7H8N2O4.C6H14N2.C5H4N2O4.CH3F.Cl3OP/c1-13-10-14(2)17(19(29)11-13)6-7-18(28)20-16(4)21(25-22(23)24-20)27-9-8-26(5)12-15(27)3;1-5-21-13(20)11-10(3)12(17-14(15)16-11)19-7-6-18(4)8-9(19)2;1-7-6-16(3)4-5-17(7)10-8(2)9(11(18)19)14-12(13)15-10;1-6-3-7(2)8(5-10)9(11)4-6;1-3-14-7(13)5-4(2)6(9)12-8(10)11-5;1-3-14-7(12)5-4(2)6(11)10-8(13)9-5;1-2-13-6(11)4-3-5(10)9-7(12)8-4;1-6-5-8(2)4-3-7-6;8-3-1-2(4(9)10)6-5(11)7-3;1-2;1-5(2,3)4/h10,15H,6-9,11-12H2,1-5H3;9H,5-8H2,1-4H3;7H,4-6H2,1-3H3,(H,18,19);3H,4-5,10H2,1-2H3;3H2,1-2H3;3H2,1-2H3,(H2,9,10,11,13);3H,2H2,1H3,(H2,8,9,10,12);6-7H,3-5H2,1-2H3;1H,(H,9,10)(H2,6,7,8,11);1H3;/t15-;9-;7-;;;;;6-;;;/m000....0.../s1/i;;;;;;;;;1D;. The van der Waals surface area contributed by atoms with Crippen molar-refractivity contribution in [2.75, 3.05) is 162 Å². The predicted molar refractivity (Wildman–Crippen MR) is 563 cm³/mol. The van der Waals surface area contributed by atoms with E-state index < -0.39 is 87.6 Å². The number of carbonyl (C=O) groups excluding carboxylic acids is 7. The number of aromatic carboxylic acids is 2. The lowest BCUT2D eigenvalue weighted by molar-refractivity contribution is -0.116. The molecule has 11 heterocycles. The number of hydrogen-bond acceptors (Lipinski definition) is 37. The molecule has 0 bridgehead atoms. The van der Waals surface area contributed by atoms with Crippen LogP contribution in [0.4, 0.5) is 21.8 Å². The summed E-state index contributed by atoms with van der Waals surface area (Å²) in [6.45, 7) is 44.5. The minimum atomic E-state index is -3.22. The number of H-pyrrole nitrogens is 6. The van der Waals surface area contributed by atoms with E-state index in [1.54, 1.807) is 41.5 Å². The number of ether oxygens (including phenoxy) is 4. The SMILES string of the molecule is CC1=CC(C)=C(CCC(=O)c2nc(Cl)nc(N3CCN(C)C[C@@H]3C)c2C)C(=O)C1.CC1=CC(C)=C(CN)C(=O)C1.CCOC(=O)c1[nH]c(=O)[nH]c(=O)c1C.CCOC(=O)c1cc(=O)[nH]c(=O)[nH]1.CCOC(=O)c1nc(Cl)nc(Cl)c1C.CCOC(=O)c1nc(Cl)nc(N2CCN(C)C[C@@H]2C)c1C.C[C@H]1CN(C)CCN1.Cc1c(C(=O)O)nc(Cl)nc1N1CCN(C)C[C@@H]1C.O=C(O)c1cc(=O)[nH]c(=O)[nH]1.O=P(Cl)(Cl)Cl.[2H]CF. The van der Waals surface area contributed by atoms with Crippen LogP contribution in [0, 0.1) is 34.6 Å². The van der Waals surface area contributed by atoms with Crippen molar-refractivity contribution in [1.82, 2.24) is 94.7 Å². The number of aromatic amines is 6. The maximum atomic E-state index is 13.0. The van der Waals surface area contributed by atoms with Gasteiger partial charge in [0.1, 0.15) is 45.4 Å². The maximum Gasteiger partial charge on any atom is 0.357 e. The number of esters is 4. The number of carbonyl (C=O) groups is 9. The third-order valence-corrected chi connectivity index (χ3v) is 22.8. The molecule has 0 radical (unpaired) electrons. The summed E-state index contributed by atoms with van der Waals surface area (Å²) in [7, 11) is 7.42. The lowest BCUT2D eigenvalue weighted by atomic mass is 9.89. The van der Waals surface area contributed by atoms with E-state index in [9.17, 15) is 80.9 Å². The van der Waals surface area contributed by atoms with Crippen molar-refractivity contribution in [2.45, 2.75) is 168 Å². The molecule has 810 valence electrons. The van der Waals surface area contributed by atoms with Crippen LogP contribution < -0.4 is 59.5 Å². The lowest BCUT2D eigenvalue weighted by Gasteiger charge is -2.39. The Morgan fingerprint density at radius 1 is 0.463 bits per heavy atom. The monoisotopic (exact) mass is 2240 g/mol. The molecular formula is C92H127Cl8FN23O22P. The van der Waals surface area contributed by atoms with Crippen LogP contribution in [0.3, 0.4) is 0 Å². The highest BCUT2D eigenvalue weighted by atomic mass is 36.0. The molecule has 0 aromatic carbocycles. The van der Waals surface area contributed by atoms with Crippen molar-refractivity contribution in [3.63, 3.8) is 0 Å². The van der Waals surface area contributed by atoms with Gasteiger partial charge in [-0.3, -0.25) is 52.7 Å². The van der Waals surface area contributed by atoms with Gasteiger partial charge in [0.2, 0.25) is 21.1 Å². The summed E-state index contributed by atoms with van der Waals surface area (Å²) in [4.78, 5) is 228. The van der Waals surface area contributed by atoms with E-state index in [0.29, 0.717) is 72.7 Å². The number of halogens is 9. The van der Waals surface area contributed by atoms with Crippen LogP contribution in [0.25, 0.3) is 0 Å². The number of carboxylic acid groups (broad SMARTS) is 2. The van der Waals surface area contributed by atoms with E-state index in [-0.39, 0.29) is 116 Å². The van der Waals surface area contributed by atoms with Crippen LogP contribution in [0.5, 0.6) is 0 Å². The zero-order valence-corrected chi connectivity index (χ0v) is 92.3. The lowest BCUT2D eigenvalue weighted by Crippen LogP contribution is -2.51. The van der Waals surface area contributed by atoms with Gasteiger partial charge in [0.15, 0.2) is 34.4 Å². The number of anilines is 3. The summed E-state index contributed by atoms with van der Waals surface area (Å²) in [5.74, 6) is -2.57. The van der Waals surface area contributed by atoms with Crippen molar-refractivity contribution in [3.8, 4) is 0 Å². The third kappa shape index (κ3) is 43.9. The van der Waals surface area contributed by atoms with Crippen LogP contribution in [-0.4, -0.2) is 324 Å². The molecule has 0 saturated carbocycles. The summed E-state index contributed by atoms with van der Waals surface area (Å²) in [5, 5.41) is 17.8. The van der Waals surface area contributed by atoms with Crippen LogP contribution in [0.15, 0.2) is 86.5 Å². The number of aromatic nitrogens is 14. The summed E-state index contributed by atoms with van der Waals surface area (Å²) in [6, 6.07) is 3.27. The number of Topliss-reactive ketones (excluding diaryl/α,β-unsaturated/α-hetero) is 3. The first-order valence-electron chi connectivity index (χ1n) is 46.2. The highest BCUT2D eigenvalue weighted by Gasteiger charge is 2.33. The Hall–Kier alpha value is -11.2. The second kappa shape index (κ2) is 63.6. The van der Waals surface area contributed by atoms with Crippen molar-refractivity contribution >= 4 is 168 Å². The molecule has 147 heavy (non-hydrogen) atoms. The van der Waals surface area contributed by atoms with Crippen LogP contribution in [-0.2, 0) is 33.1 Å². The van der Waals surface area contributed by atoms with Crippen LogP contribution >= 0.6 is 96.9 Å². The Labute approximate surface area is 888 Å². The second-order valence-corrected chi connectivity index (χ2v) is 41.9. The van der Waals surface area contributed by atoms with Gasteiger partial charge in [0.25, 0.3) is 16.7 Å². The molecule has 0 amide bonds. The van der Waals surface area contributed by atoms with Gasteiger partial charge in [0, 0.05) is 174 Å². The minimum absolute atomic E-state index is 0.0240. The first-order chi connectivity index (χ1) is 69.2. The average Bonchev–Trinajstić information content (AvgIpc) is 0.799. The maximum absolute atomic E-state index is 13.0. The summed E-state index contributed by atoms with van der Waals surface area (Å²) in [5.41, 5.74) is 9.59. The highest BCUT2D eigenvalue weighted by molar-refractivity contribution is 8.24. The number of allylic oxidation sites excluding steroid dienone is 7. The molecule has 55 heteroatoms. The predicted octanol–water partition coefficient (Wildman–Crippen LogP) is 11.1. The van der Waals surface area contributed by atoms with Crippen LogP contribution in [0.2, 0.25) is 26.3 Å². The Morgan fingerprint density at radius 3 is 1.19 bits per heavy atom. The number of likely N-dealkylation sites (N-methyl/N-ethyl adjacent to an activating group) is 4. The molecule has 0 spiro atoms. The molecule has 45 nitrogen and oxygen atoms in total. The zero-order valence-electron chi connectivity index (χ0n) is 86.4. The van der Waals surface area contributed by atoms with E-state index in [1.165, 1.54) is 20.0 Å². The number of piperazine rings is 4. The van der Waals surface area contributed by atoms with Gasteiger partial charge in [-0.25, -0.2) is 83.0 Å². The highest BCUT2D eigenvalue weighted by Crippen LogP contribution is 2.61. The second-order valence-electron chi connectivity index (χ2n) is 33.6. The Morgan fingerprint density at radius 2 is 0.816 bits per heavy atom. The van der Waals surface area contributed by atoms with E-state index in [1.807, 2.05) is 73.6 Å². The van der Waals surface area contributed by atoms with E-state index >= 15 is 0 Å². The minimum Gasteiger partial charge on any atom is -0.477 e. The Kier molecular flexibility index (Phi) is 55.4. The fraction of sp³-hybridized carbons (Fsp3) is 0.511. The number of rotatable bonds is 18. The fourth-order valence-corrected chi connectivity index (χ4v) is 15.8.